The second-order valence-electron chi connectivity index (χ2n) is 10.3. The van der Waals surface area contributed by atoms with Gasteiger partial charge in [0.2, 0.25) is 0 Å². The maximum absolute atomic E-state index is 13.7. The van der Waals surface area contributed by atoms with Gasteiger partial charge in [-0.1, -0.05) is 6.07 Å². The van der Waals surface area contributed by atoms with Gasteiger partial charge in [-0.3, -0.25) is 4.79 Å². The summed E-state index contributed by atoms with van der Waals surface area (Å²) in [6.45, 7) is 12.9. The lowest BCUT2D eigenvalue weighted by Gasteiger charge is -2.43. The van der Waals surface area contributed by atoms with Gasteiger partial charge < -0.3 is 19.3 Å². The zero-order valence-corrected chi connectivity index (χ0v) is 19.9. The molecule has 7 heteroatoms. The fourth-order valence-corrected chi connectivity index (χ4v) is 5.30. The van der Waals surface area contributed by atoms with Gasteiger partial charge in [0.15, 0.2) is 0 Å². The van der Waals surface area contributed by atoms with Gasteiger partial charge in [0, 0.05) is 45.5 Å². The highest BCUT2D eigenvalue weighted by Crippen LogP contribution is 2.40. The van der Waals surface area contributed by atoms with E-state index in [-0.39, 0.29) is 17.5 Å². The third kappa shape index (κ3) is 4.50. The van der Waals surface area contributed by atoms with E-state index in [9.17, 15) is 9.59 Å². The third-order valence-electron chi connectivity index (χ3n) is 6.90. The number of benzene rings is 1. The van der Waals surface area contributed by atoms with Crippen molar-refractivity contribution in [2.75, 3.05) is 44.3 Å². The molecule has 1 aromatic carbocycles. The molecule has 176 valence electrons. The molecule has 0 radical (unpaired) electrons. The molecule has 3 saturated heterocycles. The molecule has 32 heavy (non-hydrogen) atoms. The van der Waals surface area contributed by atoms with E-state index >= 15 is 0 Å². The number of carbonyl (C=O) groups excluding carboxylic acids is 2. The van der Waals surface area contributed by atoms with Crippen LogP contribution in [0.3, 0.4) is 0 Å². The van der Waals surface area contributed by atoms with Crippen LogP contribution in [0.25, 0.3) is 0 Å². The van der Waals surface area contributed by atoms with E-state index in [1.165, 1.54) is 4.90 Å². The van der Waals surface area contributed by atoms with E-state index < -0.39 is 5.54 Å². The van der Waals surface area contributed by atoms with Gasteiger partial charge in [-0.2, -0.15) is 0 Å². The lowest BCUT2D eigenvalue weighted by atomic mass is 9.85. The molecular formula is C25H37N3O4. The predicted octanol–water partition coefficient (Wildman–Crippen LogP) is 3.91. The Morgan fingerprint density at radius 3 is 2.44 bits per heavy atom. The summed E-state index contributed by atoms with van der Waals surface area (Å²) in [4.78, 5) is 32.7. The highest BCUT2D eigenvalue weighted by molar-refractivity contribution is 6.23. The van der Waals surface area contributed by atoms with Crippen LogP contribution < -0.4 is 9.64 Å². The topological polar surface area (TPSA) is 62.3 Å². The van der Waals surface area contributed by atoms with Crippen molar-refractivity contribution in [3.63, 3.8) is 0 Å². The molecule has 1 aromatic rings. The Hall–Kier alpha value is -2.12. The number of hydrogen-bond donors (Lipinski definition) is 0. The molecule has 0 aliphatic carbocycles. The first kappa shape index (κ1) is 23.1. The first-order valence-electron chi connectivity index (χ1n) is 12.0. The monoisotopic (exact) mass is 443 g/mol. The first-order valence-corrected chi connectivity index (χ1v) is 12.0. The molecule has 0 aromatic heterocycles. The fraction of sp³-hybridized carbons (Fsp3) is 0.680. The minimum Gasteiger partial charge on any atom is -0.488 e. The first-order chi connectivity index (χ1) is 15.2. The number of urea groups is 1. The molecule has 1 spiro atoms. The van der Waals surface area contributed by atoms with Crippen molar-refractivity contribution < 1.29 is 19.1 Å². The van der Waals surface area contributed by atoms with Gasteiger partial charge in [-0.05, 0) is 71.4 Å². The molecule has 3 aliphatic rings. The van der Waals surface area contributed by atoms with E-state index in [4.69, 9.17) is 9.47 Å². The van der Waals surface area contributed by atoms with Gasteiger partial charge in [-0.25, -0.2) is 9.69 Å². The summed E-state index contributed by atoms with van der Waals surface area (Å²) in [5.41, 5.74) is -0.508. The minimum atomic E-state index is -0.737. The predicted molar refractivity (Wildman–Crippen MR) is 124 cm³/mol. The molecule has 0 unspecified atom stereocenters. The van der Waals surface area contributed by atoms with Crippen LogP contribution in [0, 0.1) is 5.92 Å². The quantitative estimate of drug-likeness (QED) is 0.646. The third-order valence-corrected chi connectivity index (χ3v) is 6.90. The number of anilines is 1. The number of rotatable bonds is 5. The number of ether oxygens (including phenoxy) is 2. The SMILES string of the molecule is CCN1C(=O)N(c2cccc(OC(C)(C)C)c2)C(=O)C12CCN(CC1CCOCC1)CC2. The zero-order chi connectivity index (χ0) is 22.9. The highest BCUT2D eigenvalue weighted by Gasteiger charge is 2.57. The van der Waals surface area contributed by atoms with Crippen molar-refractivity contribution in [2.24, 2.45) is 5.92 Å². The molecule has 3 heterocycles. The highest BCUT2D eigenvalue weighted by atomic mass is 16.5. The lowest BCUT2D eigenvalue weighted by molar-refractivity contribution is -0.127. The van der Waals surface area contributed by atoms with Gasteiger partial charge in [-0.15, -0.1) is 0 Å². The number of likely N-dealkylation sites (N-methyl/N-ethyl adjacent to an activating group) is 1. The van der Waals surface area contributed by atoms with Gasteiger partial charge in [0.1, 0.15) is 16.9 Å². The van der Waals surface area contributed by atoms with E-state index in [1.54, 1.807) is 11.0 Å². The average molecular weight is 444 g/mol. The Labute approximate surface area is 191 Å². The normalized spacial score (nSPS) is 22.8. The summed E-state index contributed by atoms with van der Waals surface area (Å²) >= 11 is 0. The summed E-state index contributed by atoms with van der Waals surface area (Å²) < 4.78 is 11.5. The number of nitrogens with zero attached hydrogens (tertiary/aromatic N) is 3. The second-order valence-corrected chi connectivity index (χ2v) is 10.3. The Morgan fingerprint density at radius 2 is 1.81 bits per heavy atom. The molecule has 7 nitrogen and oxygen atoms in total. The Morgan fingerprint density at radius 1 is 1.12 bits per heavy atom. The number of hydrogen-bond acceptors (Lipinski definition) is 5. The molecular weight excluding hydrogens is 406 g/mol. The summed E-state index contributed by atoms with van der Waals surface area (Å²) in [5.74, 6) is 1.23. The smallest absolute Gasteiger partial charge is 0.332 e. The maximum atomic E-state index is 13.7. The summed E-state index contributed by atoms with van der Waals surface area (Å²) in [6.07, 6.45) is 3.59. The summed E-state index contributed by atoms with van der Waals surface area (Å²) in [6, 6.07) is 7.10. The number of likely N-dealkylation sites (tertiary alicyclic amines) is 1. The zero-order valence-electron chi connectivity index (χ0n) is 19.9. The Kier molecular flexibility index (Phi) is 6.50. The molecule has 0 bridgehead atoms. The fourth-order valence-electron chi connectivity index (χ4n) is 5.30. The van der Waals surface area contributed by atoms with Crippen LogP contribution in [0.2, 0.25) is 0 Å². The number of imide groups is 1. The van der Waals surface area contributed by atoms with Crippen LogP contribution in [-0.2, 0) is 9.53 Å². The number of amides is 3. The summed E-state index contributed by atoms with van der Waals surface area (Å²) in [7, 11) is 0. The van der Waals surface area contributed by atoms with Crippen molar-refractivity contribution in [3.8, 4) is 5.75 Å². The van der Waals surface area contributed by atoms with E-state index in [0.717, 1.165) is 45.7 Å². The van der Waals surface area contributed by atoms with Crippen LogP contribution in [0.5, 0.6) is 5.75 Å². The average Bonchev–Trinajstić information content (AvgIpc) is 2.95. The van der Waals surface area contributed by atoms with Crippen molar-refractivity contribution >= 4 is 17.6 Å². The maximum Gasteiger partial charge on any atom is 0.332 e. The van der Waals surface area contributed by atoms with E-state index in [1.807, 2.05) is 45.9 Å². The molecule has 0 saturated carbocycles. The Balaban J connectivity index is 1.51. The van der Waals surface area contributed by atoms with Crippen LogP contribution in [0.4, 0.5) is 10.5 Å². The van der Waals surface area contributed by atoms with E-state index in [2.05, 4.69) is 4.90 Å². The van der Waals surface area contributed by atoms with Crippen molar-refractivity contribution in [2.45, 2.75) is 64.5 Å². The molecule has 3 fully saturated rings. The molecule has 3 amide bonds. The minimum absolute atomic E-state index is 0.0945. The Bertz CT molecular complexity index is 836. The largest absolute Gasteiger partial charge is 0.488 e. The van der Waals surface area contributed by atoms with Crippen LogP contribution >= 0.6 is 0 Å². The van der Waals surface area contributed by atoms with Gasteiger partial charge in [0.25, 0.3) is 5.91 Å². The molecule has 0 atom stereocenters. The number of carbonyl (C=O) groups is 2. The van der Waals surface area contributed by atoms with Crippen LogP contribution in [0.15, 0.2) is 24.3 Å². The van der Waals surface area contributed by atoms with E-state index in [0.29, 0.717) is 36.7 Å². The van der Waals surface area contributed by atoms with Crippen LogP contribution in [-0.4, -0.2) is 72.3 Å². The summed E-state index contributed by atoms with van der Waals surface area (Å²) in [5, 5.41) is 0. The van der Waals surface area contributed by atoms with Crippen molar-refractivity contribution in [3.05, 3.63) is 24.3 Å². The van der Waals surface area contributed by atoms with Gasteiger partial charge in [0.05, 0.1) is 5.69 Å². The molecule has 4 rings (SSSR count). The second kappa shape index (κ2) is 9.02. The lowest BCUT2D eigenvalue weighted by Crippen LogP contribution is -2.57. The molecule has 3 aliphatic heterocycles. The molecule has 0 N–H and O–H groups in total. The van der Waals surface area contributed by atoms with Gasteiger partial charge >= 0.3 is 6.03 Å². The van der Waals surface area contributed by atoms with Crippen molar-refractivity contribution in [1.29, 1.82) is 0 Å². The van der Waals surface area contributed by atoms with Crippen LogP contribution in [0.1, 0.15) is 53.4 Å². The standard InChI is InChI=1S/C25H37N3O4/c1-5-27-23(30)28(20-7-6-8-21(17-20)32-24(2,3)4)22(29)25(27)11-13-26(14-12-25)18-19-9-15-31-16-10-19/h6-8,17,19H,5,9-16,18H2,1-4H3. The van der Waals surface area contributed by atoms with Crippen molar-refractivity contribution in [1.82, 2.24) is 9.80 Å². The number of piperidine rings is 1.